The maximum atomic E-state index is 12.1. The molecule has 0 aromatic heterocycles. The molecular weight excluding hydrogens is 332 g/mol. The van der Waals surface area contributed by atoms with Crippen LogP contribution in [0.15, 0.2) is 55.1 Å². The van der Waals surface area contributed by atoms with Crippen molar-refractivity contribution in [2.75, 3.05) is 11.9 Å². The van der Waals surface area contributed by atoms with Crippen molar-refractivity contribution in [1.29, 1.82) is 0 Å². The lowest BCUT2D eigenvalue weighted by atomic mass is 10.0. The first-order valence-corrected chi connectivity index (χ1v) is 8.31. The lowest BCUT2D eigenvalue weighted by Crippen LogP contribution is -2.20. The van der Waals surface area contributed by atoms with Crippen molar-refractivity contribution < 1.29 is 14.5 Å². The van der Waals surface area contributed by atoms with Gasteiger partial charge >= 0.3 is 0 Å². The van der Waals surface area contributed by atoms with Gasteiger partial charge in [-0.1, -0.05) is 32.1 Å². The molecular formula is C20H22N2O4. The molecule has 0 saturated heterocycles. The Labute approximate surface area is 152 Å². The Balaban J connectivity index is 2.00. The number of nitrogens with zero attached hydrogens (tertiary/aromatic N) is 1. The van der Waals surface area contributed by atoms with Gasteiger partial charge in [0, 0.05) is 23.4 Å². The minimum absolute atomic E-state index is 0.0242. The normalized spacial score (nSPS) is 10.4. The molecule has 6 nitrogen and oxygen atoms in total. The second kappa shape index (κ2) is 8.80. The summed E-state index contributed by atoms with van der Waals surface area (Å²) < 4.78 is 5.54. The molecule has 1 amide bonds. The van der Waals surface area contributed by atoms with Crippen molar-refractivity contribution in [3.8, 4) is 5.75 Å². The molecule has 0 saturated carbocycles. The SMILES string of the molecule is C=CCc1cc([N+](=O)[O-])ccc1OCC(=O)Nc1ccc(C(C)C)cc1. The van der Waals surface area contributed by atoms with Gasteiger partial charge in [-0.25, -0.2) is 0 Å². The molecule has 0 unspecified atom stereocenters. The zero-order valence-electron chi connectivity index (χ0n) is 14.9. The van der Waals surface area contributed by atoms with E-state index in [2.05, 4.69) is 25.7 Å². The molecule has 0 aliphatic carbocycles. The zero-order chi connectivity index (χ0) is 19.1. The van der Waals surface area contributed by atoms with Crippen molar-refractivity contribution in [3.63, 3.8) is 0 Å². The summed E-state index contributed by atoms with van der Waals surface area (Å²) in [5.41, 5.74) is 2.48. The van der Waals surface area contributed by atoms with Gasteiger partial charge in [0.2, 0.25) is 0 Å². The van der Waals surface area contributed by atoms with E-state index in [1.54, 1.807) is 6.08 Å². The monoisotopic (exact) mass is 354 g/mol. The number of carbonyl (C=O) groups is 1. The van der Waals surface area contributed by atoms with Crippen molar-refractivity contribution in [3.05, 3.63) is 76.4 Å². The fourth-order valence-electron chi connectivity index (χ4n) is 2.43. The van der Waals surface area contributed by atoms with Gasteiger partial charge in [-0.3, -0.25) is 14.9 Å². The predicted octanol–water partition coefficient (Wildman–Crippen LogP) is 4.46. The van der Waals surface area contributed by atoms with Crippen LogP contribution in [0.1, 0.15) is 30.9 Å². The van der Waals surface area contributed by atoms with Gasteiger partial charge in [0.05, 0.1) is 4.92 Å². The molecule has 2 rings (SSSR count). The number of allylic oxidation sites excluding steroid dienone is 1. The van der Waals surface area contributed by atoms with Crippen LogP contribution in [-0.2, 0) is 11.2 Å². The molecule has 0 heterocycles. The van der Waals surface area contributed by atoms with Crippen LogP contribution in [0.4, 0.5) is 11.4 Å². The third kappa shape index (κ3) is 5.17. The van der Waals surface area contributed by atoms with E-state index in [1.165, 1.54) is 23.8 Å². The highest BCUT2D eigenvalue weighted by Gasteiger charge is 2.12. The quantitative estimate of drug-likeness (QED) is 0.431. The molecule has 6 heteroatoms. The molecule has 0 aliphatic rings. The molecule has 136 valence electrons. The summed E-state index contributed by atoms with van der Waals surface area (Å²) in [6, 6.07) is 11.9. The van der Waals surface area contributed by atoms with Crippen molar-refractivity contribution in [2.24, 2.45) is 0 Å². The summed E-state index contributed by atoms with van der Waals surface area (Å²) in [5, 5.41) is 13.6. The van der Waals surface area contributed by atoms with Gasteiger partial charge in [0.1, 0.15) is 5.75 Å². The first-order chi connectivity index (χ1) is 12.4. The molecule has 0 atom stereocenters. The van der Waals surface area contributed by atoms with Crippen LogP contribution in [0.25, 0.3) is 0 Å². The van der Waals surface area contributed by atoms with E-state index in [9.17, 15) is 14.9 Å². The molecule has 0 fully saturated rings. The number of nitro groups is 1. The van der Waals surface area contributed by atoms with Crippen LogP contribution in [0.3, 0.4) is 0 Å². The van der Waals surface area contributed by atoms with Crippen LogP contribution < -0.4 is 10.1 Å². The molecule has 0 spiro atoms. The Morgan fingerprint density at radius 2 is 1.96 bits per heavy atom. The highest BCUT2D eigenvalue weighted by Crippen LogP contribution is 2.25. The van der Waals surface area contributed by atoms with Crippen molar-refractivity contribution in [1.82, 2.24) is 0 Å². The fraction of sp³-hybridized carbons (Fsp3) is 0.250. The maximum absolute atomic E-state index is 12.1. The number of hydrogen-bond donors (Lipinski definition) is 1. The largest absolute Gasteiger partial charge is 0.483 e. The summed E-state index contributed by atoms with van der Waals surface area (Å²) >= 11 is 0. The second-order valence-electron chi connectivity index (χ2n) is 6.16. The number of benzene rings is 2. The molecule has 0 radical (unpaired) electrons. The highest BCUT2D eigenvalue weighted by atomic mass is 16.6. The van der Waals surface area contributed by atoms with Gasteiger partial charge < -0.3 is 10.1 Å². The number of rotatable bonds is 8. The van der Waals surface area contributed by atoms with E-state index in [1.807, 2.05) is 24.3 Å². The summed E-state index contributed by atoms with van der Waals surface area (Å²) in [5.74, 6) is 0.555. The Bertz CT molecular complexity index is 798. The third-order valence-corrected chi connectivity index (χ3v) is 3.84. The number of ether oxygens (including phenoxy) is 1. The van der Waals surface area contributed by atoms with E-state index < -0.39 is 4.92 Å². The number of non-ortho nitro benzene ring substituents is 1. The van der Waals surface area contributed by atoms with E-state index in [0.29, 0.717) is 29.3 Å². The van der Waals surface area contributed by atoms with E-state index in [4.69, 9.17) is 4.74 Å². The zero-order valence-corrected chi connectivity index (χ0v) is 14.9. The molecule has 2 aromatic rings. The minimum atomic E-state index is -0.468. The third-order valence-electron chi connectivity index (χ3n) is 3.84. The maximum Gasteiger partial charge on any atom is 0.269 e. The Kier molecular flexibility index (Phi) is 6.49. The first kappa shape index (κ1) is 19.2. The average Bonchev–Trinajstić information content (AvgIpc) is 2.61. The van der Waals surface area contributed by atoms with Gasteiger partial charge in [0.25, 0.3) is 11.6 Å². The van der Waals surface area contributed by atoms with E-state index >= 15 is 0 Å². The number of carbonyl (C=O) groups excluding carboxylic acids is 1. The topological polar surface area (TPSA) is 81.5 Å². The lowest BCUT2D eigenvalue weighted by molar-refractivity contribution is -0.384. The fourth-order valence-corrected chi connectivity index (χ4v) is 2.43. The Hall–Kier alpha value is -3.15. The van der Waals surface area contributed by atoms with E-state index in [0.717, 1.165) is 0 Å². The van der Waals surface area contributed by atoms with Crippen LogP contribution in [0.5, 0.6) is 5.75 Å². The van der Waals surface area contributed by atoms with Crippen LogP contribution in [0, 0.1) is 10.1 Å². The van der Waals surface area contributed by atoms with Gasteiger partial charge in [0.15, 0.2) is 6.61 Å². The minimum Gasteiger partial charge on any atom is -0.483 e. The van der Waals surface area contributed by atoms with Crippen molar-refractivity contribution in [2.45, 2.75) is 26.2 Å². The van der Waals surface area contributed by atoms with Gasteiger partial charge in [-0.2, -0.15) is 0 Å². The number of nitro benzene ring substituents is 1. The summed E-state index contributed by atoms with van der Waals surface area (Å²) in [4.78, 5) is 22.5. The molecule has 0 aliphatic heterocycles. The van der Waals surface area contributed by atoms with Gasteiger partial charge in [-0.15, -0.1) is 6.58 Å². The summed E-state index contributed by atoms with van der Waals surface area (Å²) in [6.45, 7) is 7.66. The number of hydrogen-bond acceptors (Lipinski definition) is 4. The lowest BCUT2D eigenvalue weighted by Gasteiger charge is -2.11. The molecule has 26 heavy (non-hydrogen) atoms. The predicted molar refractivity (Wildman–Crippen MR) is 102 cm³/mol. The summed E-state index contributed by atoms with van der Waals surface area (Å²) in [6.07, 6.45) is 2.04. The van der Waals surface area contributed by atoms with Crippen LogP contribution >= 0.6 is 0 Å². The standard InChI is InChI=1S/C20H22N2O4/c1-4-5-16-12-18(22(24)25)10-11-19(16)26-13-20(23)21-17-8-6-15(7-9-17)14(2)3/h4,6-12,14H,1,5,13H2,2-3H3,(H,21,23). The summed E-state index contributed by atoms with van der Waals surface area (Å²) in [7, 11) is 0. The second-order valence-corrected chi connectivity index (χ2v) is 6.16. The number of anilines is 1. The van der Waals surface area contributed by atoms with E-state index in [-0.39, 0.29) is 18.2 Å². The number of amides is 1. The van der Waals surface area contributed by atoms with Crippen LogP contribution in [-0.4, -0.2) is 17.4 Å². The first-order valence-electron chi connectivity index (χ1n) is 8.31. The highest BCUT2D eigenvalue weighted by molar-refractivity contribution is 5.91. The van der Waals surface area contributed by atoms with Crippen molar-refractivity contribution >= 4 is 17.3 Å². The molecule has 2 aromatic carbocycles. The molecule has 0 bridgehead atoms. The van der Waals surface area contributed by atoms with Crippen LogP contribution in [0.2, 0.25) is 0 Å². The Morgan fingerprint density at radius 3 is 2.54 bits per heavy atom. The average molecular weight is 354 g/mol. The number of nitrogens with one attached hydrogen (secondary N) is 1. The van der Waals surface area contributed by atoms with Gasteiger partial charge in [-0.05, 0) is 36.1 Å². The molecule has 1 N–H and O–H groups in total. The Morgan fingerprint density at radius 1 is 1.27 bits per heavy atom. The smallest absolute Gasteiger partial charge is 0.269 e.